The van der Waals surface area contributed by atoms with Gasteiger partial charge in [-0.3, -0.25) is 14.9 Å². The molecule has 2 aromatic heterocycles. The Morgan fingerprint density at radius 2 is 1.85 bits per heavy atom. The van der Waals surface area contributed by atoms with E-state index in [1.165, 1.54) is 0 Å². The molecule has 3 aromatic rings. The Morgan fingerprint density at radius 1 is 1.00 bits per heavy atom. The number of morpholine rings is 1. The number of halogens is 1. The Hall–Kier alpha value is -2.27. The summed E-state index contributed by atoms with van der Waals surface area (Å²) in [4.78, 5) is 11.7. The Labute approximate surface area is 164 Å². The zero-order chi connectivity index (χ0) is 18.5. The van der Waals surface area contributed by atoms with E-state index in [2.05, 4.69) is 22.0 Å². The highest BCUT2D eigenvalue weighted by Gasteiger charge is 2.23. The first-order valence-corrected chi connectivity index (χ1v) is 9.59. The van der Waals surface area contributed by atoms with E-state index in [-0.39, 0.29) is 6.10 Å². The predicted octanol–water partition coefficient (Wildman–Crippen LogP) is 4.29. The molecule has 0 spiro atoms. The maximum absolute atomic E-state index is 6.29. The van der Waals surface area contributed by atoms with Gasteiger partial charge in [0.2, 0.25) is 0 Å². The van der Waals surface area contributed by atoms with Gasteiger partial charge in [0.1, 0.15) is 6.10 Å². The zero-order valence-corrected chi connectivity index (χ0v) is 15.8. The molecular formula is C22H22ClN3O. The van der Waals surface area contributed by atoms with Crippen molar-refractivity contribution in [2.45, 2.75) is 19.1 Å². The van der Waals surface area contributed by atoms with E-state index < -0.39 is 0 Å². The van der Waals surface area contributed by atoms with Crippen LogP contribution in [0.4, 0.5) is 0 Å². The number of aromatic nitrogens is 2. The molecule has 1 fully saturated rings. The summed E-state index contributed by atoms with van der Waals surface area (Å²) < 4.78 is 6.01. The molecule has 0 radical (unpaired) electrons. The van der Waals surface area contributed by atoms with Crippen molar-refractivity contribution in [1.82, 2.24) is 14.9 Å². The minimum absolute atomic E-state index is 0.0198. The summed E-state index contributed by atoms with van der Waals surface area (Å²) in [5, 5.41) is 0.778. The molecule has 3 heterocycles. The SMILES string of the molecule is Clc1ccccc1Cc1cccc([C@@H]2CN(Cc3ccccn3)CCO2)n1. The fraction of sp³-hybridized carbons (Fsp3) is 0.273. The average molecular weight is 380 g/mol. The second-order valence-electron chi connectivity index (χ2n) is 6.74. The average Bonchev–Trinajstić information content (AvgIpc) is 2.71. The quantitative estimate of drug-likeness (QED) is 0.662. The standard InChI is InChI=1S/C22H22ClN3O/c23-20-9-2-1-6-17(20)14-18-8-5-10-21(25-18)22-16-26(12-13-27-22)15-19-7-3-4-11-24-19/h1-11,22H,12-16H2/t22-/m0/s1. The summed E-state index contributed by atoms with van der Waals surface area (Å²) in [6, 6.07) is 20.1. The second-order valence-corrected chi connectivity index (χ2v) is 7.14. The first-order chi connectivity index (χ1) is 13.3. The van der Waals surface area contributed by atoms with Crippen molar-refractivity contribution in [2.24, 2.45) is 0 Å². The molecule has 0 N–H and O–H groups in total. The number of hydrogen-bond acceptors (Lipinski definition) is 4. The maximum atomic E-state index is 6.29. The highest BCUT2D eigenvalue weighted by atomic mass is 35.5. The molecule has 0 unspecified atom stereocenters. The lowest BCUT2D eigenvalue weighted by molar-refractivity contribution is -0.0354. The van der Waals surface area contributed by atoms with Gasteiger partial charge in [-0.25, -0.2) is 0 Å². The molecule has 0 amide bonds. The minimum Gasteiger partial charge on any atom is -0.369 e. The van der Waals surface area contributed by atoms with Gasteiger partial charge in [-0.1, -0.05) is 41.9 Å². The van der Waals surface area contributed by atoms with Gasteiger partial charge < -0.3 is 4.74 Å². The number of ether oxygens (including phenoxy) is 1. The van der Waals surface area contributed by atoms with Crippen LogP contribution in [0.3, 0.4) is 0 Å². The summed E-state index contributed by atoms with van der Waals surface area (Å²) in [5.74, 6) is 0. The van der Waals surface area contributed by atoms with Crippen molar-refractivity contribution in [2.75, 3.05) is 19.7 Å². The Morgan fingerprint density at radius 3 is 2.70 bits per heavy atom. The zero-order valence-electron chi connectivity index (χ0n) is 15.1. The summed E-state index contributed by atoms with van der Waals surface area (Å²) >= 11 is 6.29. The molecule has 1 aromatic carbocycles. The van der Waals surface area contributed by atoms with Gasteiger partial charge in [0.25, 0.3) is 0 Å². The van der Waals surface area contributed by atoms with Crippen molar-refractivity contribution in [3.63, 3.8) is 0 Å². The third-order valence-corrected chi connectivity index (χ3v) is 5.12. The summed E-state index contributed by atoms with van der Waals surface area (Å²) in [5.41, 5.74) is 4.15. The molecule has 5 heteroatoms. The molecule has 4 rings (SSSR count). The summed E-state index contributed by atoms with van der Waals surface area (Å²) in [6.45, 7) is 3.26. The van der Waals surface area contributed by atoms with Crippen molar-refractivity contribution in [3.8, 4) is 0 Å². The van der Waals surface area contributed by atoms with Gasteiger partial charge in [0.05, 0.1) is 18.0 Å². The molecule has 1 aliphatic heterocycles. The largest absolute Gasteiger partial charge is 0.369 e. The minimum atomic E-state index is -0.0198. The van der Waals surface area contributed by atoms with E-state index in [4.69, 9.17) is 21.3 Å². The first-order valence-electron chi connectivity index (χ1n) is 9.21. The first kappa shape index (κ1) is 18.1. The van der Waals surface area contributed by atoms with Crippen molar-refractivity contribution in [1.29, 1.82) is 0 Å². The third kappa shape index (κ3) is 4.72. The van der Waals surface area contributed by atoms with Crippen LogP contribution in [0.1, 0.15) is 28.7 Å². The van der Waals surface area contributed by atoms with Crippen LogP contribution in [0.25, 0.3) is 0 Å². The highest BCUT2D eigenvalue weighted by molar-refractivity contribution is 6.31. The highest BCUT2D eigenvalue weighted by Crippen LogP contribution is 2.23. The van der Waals surface area contributed by atoms with Crippen LogP contribution in [-0.4, -0.2) is 34.6 Å². The van der Waals surface area contributed by atoms with Crippen LogP contribution in [0, 0.1) is 0 Å². The molecule has 1 atom stereocenters. The second kappa shape index (κ2) is 8.61. The molecule has 27 heavy (non-hydrogen) atoms. The van der Waals surface area contributed by atoms with Crippen molar-refractivity contribution in [3.05, 3.63) is 94.5 Å². The predicted molar refractivity (Wildman–Crippen MR) is 107 cm³/mol. The smallest absolute Gasteiger partial charge is 0.112 e. The van der Waals surface area contributed by atoms with Gasteiger partial charge in [-0.05, 0) is 35.9 Å². The van der Waals surface area contributed by atoms with E-state index in [0.717, 1.165) is 53.7 Å². The topological polar surface area (TPSA) is 38.2 Å². The fourth-order valence-corrected chi connectivity index (χ4v) is 3.56. The van der Waals surface area contributed by atoms with Crippen LogP contribution in [0.5, 0.6) is 0 Å². The Kier molecular flexibility index (Phi) is 5.78. The molecule has 1 aliphatic rings. The number of hydrogen-bond donors (Lipinski definition) is 0. The molecular weight excluding hydrogens is 358 g/mol. The van der Waals surface area contributed by atoms with Gasteiger partial charge >= 0.3 is 0 Å². The molecule has 4 nitrogen and oxygen atoms in total. The van der Waals surface area contributed by atoms with Crippen LogP contribution >= 0.6 is 11.6 Å². The molecule has 138 valence electrons. The lowest BCUT2D eigenvalue weighted by atomic mass is 10.1. The Bertz CT molecular complexity index is 887. The van der Waals surface area contributed by atoms with Gasteiger partial charge in [-0.15, -0.1) is 0 Å². The van der Waals surface area contributed by atoms with E-state index in [1.807, 2.05) is 54.7 Å². The number of pyridine rings is 2. The monoisotopic (exact) mass is 379 g/mol. The van der Waals surface area contributed by atoms with E-state index in [0.29, 0.717) is 6.61 Å². The lowest BCUT2D eigenvalue weighted by Gasteiger charge is -2.32. The molecule has 0 saturated carbocycles. The van der Waals surface area contributed by atoms with Crippen molar-refractivity contribution < 1.29 is 4.74 Å². The third-order valence-electron chi connectivity index (χ3n) is 4.75. The number of benzene rings is 1. The van der Waals surface area contributed by atoms with Gasteiger partial charge in [0, 0.05) is 43.0 Å². The molecule has 0 bridgehead atoms. The van der Waals surface area contributed by atoms with Crippen molar-refractivity contribution >= 4 is 11.6 Å². The summed E-state index contributed by atoms with van der Waals surface area (Å²) in [7, 11) is 0. The summed E-state index contributed by atoms with van der Waals surface area (Å²) in [6.07, 6.45) is 2.54. The van der Waals surface area contributed by atoms with Gasteiger partial charge in [0.15, 0.2) is 0 Å². The van der Waals surface area contributed by atoms with Crippen LogP contribution in [-0.2, 0) is 17.7 Å². The Balaban J connectivity index is 1.45. The van der Waals surface area contributed by atoms with Crippen LogP contribution < -0.4 is 0 Å². The maximum Gasteiger partial charge on any atom is 0.112 e. The van der Waals surface area contributed by atoms with E-state index in [9.17, 15) is 0 Å². The fourth-order valence-electron chi connectivity index (χ4n) is 3.36. The molecule has 0 aliphatic carbocycles. The normalized spacial score (nSPS) is 17.7. The lowest BCUT2D eigenvalue weighted by Crippen LogP contribution is -2.38. The van der Waals surface area contributed by atoms with Crippen LogP contribution in [0.15, 0.2) is 66.9 Å². The molecule has 1 saturated heterocycles. The van der Waals surface area contributed by atoms with Gasteiger partial charge in [-0.2, -0.15) is 0 Å². The number of rotatable bonds is 5. The van der Waals surface area contributed by atoms with Crippen LogP contribution in [0.2, 0.25) is 5.02 Å². The van der Waals surface area contributed by atoms with E-state index in [1.54, 1.807) is 0 Å². The number of nitrogens with zero attached hydrogens (tertiary/aromatic N) is 3. The van der Waals surface area contributed by atoms with E-state index >= 15 is 0 Å².